The first-order chi connectivity index (χ1) is 9.15. The molecule has 0 saturated carbocycles. The zero-order chi connectivity index (χ0) is 13.8. The molecule has 0 unspecified atom stereocenters. The Kier molecular flexibility index (Phi) is 4.22. The van der Waals surface area contributed by atoms with Crippen molar-refractivity contribution in [1.82, 2.24) is 10.5 Å². The second-order valence-electron chi connectivity index (χ2n) is 4.20. The Morgan fingerprint density at radius 2 is 2.16 bits per heavy atom. The van der Waals surface area contributed by atoms with Gasteiger partial charge in [0.05, 0.1) is 5.02 Å². The zero-order valence-electron chi connectivity index (χ0n) is 10.9. The van der Waals surface area contributed by atoms with E-state index in [0.29, 0.717) is 34.1 Å². The van der Waals surface area contributed by atoms with Crippen molar-refractivity contribution in [3.8, 4) is 11.3 Å². The highest BCUT2D eigenvalue weighted by molar-refractivity contribution is 6.33. The van der Waals surface area contributed by atoms with Crippen molar-refractivity contribution in [1.29, 1.82) is 0 Å². The number of amides is 1. The summed E-state index contributed by atoms with van der Waals surface area (Å²) in [6.07, 6.45) is 0.873. The first kappa shape index (κ1) is 13.6. The van der Waals surface area contributed by atoms with E-state index in [1.54, 1.807) is 13.0 Å². The molecular formula is C14H15ClN2O2. The average Bonchev–Trinajstić information content (AvgIpc) is 2.78. The van der Waals surface area contributed by atoms with Crippen molar-refractivity contribution in [2.45, 2.75) is 20.3 Å². The largest absolute Gasteiger partial charge is 0.360 e. The van der Waals surface area contributed by atoms with Crippen LogP contribution in [0.4, 0.5) is 0 Å². The topological polar surface area (TPSA) is 55.1 Å². The van der Waals surface area contributed by atoms with Gasteiger partial charge in [-0.15, -0.1) is 0 Å². The molecule has 2 aromatic rings. The van der Waals surface area contributed by atoms with Crippen molar-refractivity contribution in [3.63, 3.8) is 0 Å². The van der Waals surface area contributed by atoms with E-state index >= 15 is 0 Å². The van der Waals surface area contributed by atoms with Crippen molar-refractivity contribution < 1.29 is 9.32 Å². The smallest absolute Gasteiger partial charge is 0.257 e. The van der Waals surface area contributed by atoms with E-state index in [2.05, 4.69) is 10.5 Å². The van der Waals surface area contributed by atoms with Gasteiger partial charge in [-0.25, -0.2) is 0 Å². The highest BCUT2D eigenvalue weighted by atomic mass is 35.5. The molecule has 0 spiro atoms. The molecule has 0 aliphatic carbocycles. The molecule has 1 aromatic carbocycles. The van der Waals surface area contributed by atoms with Crippen LogP contribution in [-0.4, -0.2) is 17.6 Å². The van der Waals surface area contributed by atoms with E-state index in [9.17, 15) is 4.79 Å². The molecule has 5 heteroatoms. The molecule has 0 radical (unpaired) electrons. The molecule has 0 fully saturated rings. The van der Waals surface area contributed by atoms with Crippen LogP contribution in [0.1, 0.15) is 29.5 Å². The number of aryl methyl sites for hydroxylation is 1. The number of nitrogens with one attached hydrogen (secondary N) is 1. The van der Waals surface area contributed by atoms with Crippen molar-refractivity contribution in [2.75, 3.05) is 6.54 Å². The molecule has 1 amide bonds. The fourth-order valence-corrected chi connectivity index (χ4v) is 2.03. The van der Waals surface area contributed by atoms with E-state index in [0.717, 1.165) is 6.42 Å². The predicted molar refractivity (Wildman–Crippen MR) is 74.3 cm³/mol. The fraction of sp³-hybridized carbons (Fsp3) is 0.286. The number of hydrogen-bond donors (Lipinski definition) is 1. The maximum absolute atomic E-state index is 12.1. The molecule has 1 N–H and O–H groups in total. The summed E-state index contributed by atoms with van der Waals surface area (Å²) in [5.74, 6) is 0.305. The number of nitrogens with zero attached hydrogens (tertiary/aromatic N) is 1. The molecule has 100 valence electrons. The van der Waals surface area contributed by atoms with Crippen molar-refractivity contribution >= 4 is 17.5 Å². The summed E-state index contributed by atoms with van der Waals surface area (Å²) in [5, 5.41) is 7.32. The number of hydrogen-bond acceptors (Lipinski definition) is 3. The third kappa shape index (κ3) is 2.79. The Morgan fingerprint density at radius 3 is 2.84 bits per heavy atom. The summed E-state index contributed by atoms with van der Waals surface area (Å²) in [4.78, 5) is 12.1. The summed E-state index contributed by atoms with van der Waals surface area (Å²) in [6, 6.07) is 7.25. The van der Waals surface area contributed by atoms with Gasteiger partial charge in [0.2, 0.25) is 0 Å². The van der Waals surface area contributed by atoms with Crippen molar-refractivity contribution in [3.05, 3.63) is 40.6 Å². The number of rotatable bonds is 4. The third-order valence-electron chi connectivity index (χ3n) is 2.75. The van der Waals surface area contributed by atoms with Crippen LogP contribution >= 0.6 is 11.6 Å². The molecule has 1 aromatic heterocycles. The zero-order valence-corrected chi connectivity index (χ0v) is 11.6. The molecule has 19 heavy (non-hydrogen) atoms. The van der Waals surface area contributed by atoms with Gasteiger partial charge in [0.25, 0.3) is 5.91 Å². The Bertz CT molecular complexity index is 593. The summed E-state index contributed by atoms with van der Waals surface area (Å²) in [7, 11) is 0. The van der Waals surface area contributed by atoms with E-state index in [1.807, 2.05) is 25.1 Å². The van der Waals surface area contributed by atoms with Crippen LogP contribution in [0.2, 0.25) is 5.02 Å². The van der Waals surface area contributed by atoms with Crippen LogP contribution in [0, 0.1) is 6.92 Å². The summed E-state index contributed by atoms with van der Waals surface area (Å²) in [5.41, 5.74) is 1.63. The molecule has 0 saturated heterocycles. The summed E-state index contributed by atoms with van der Waals surface area (Å²) >= 11 is 6.14. The normalized spacial score (nSPS) is 10.5. The lowest BCUT2D eigenvalue weighted by Gasteiger charge is -2.05. The number of halogens is 1. The Morgan fingerprint density at radius 1 is 1.42 bits per heavy atom. The average molecular weight is 279 g/mol. The minimum atomic E-state index is -0.185. The van der Waals surface area contributed by atoms with Gasteiger partial charge in [-0.2, -0.15) is 0 Å². The molecule has 0 aliphatic heterocycles. The van der Waals surface area contributed by atoms with E-state index in [4.69, 9.17) is 16.1 Å². The van der Waals surface area contributed by atoms with E-state index in [-0.39, 0.29) is 5.91 Å². The summed E-state index contributed by atoms with van der Waals surface area (Å²) < 4.78 is 5.14. The highest BCUT2D eigenvalue weighted by Gasteiger charge is 2.22. The van der Waals surface area contributed by atoms with Gasteiger partial charge < -0.3 is 9.84 Å². The minimum Gasteiger partial charge on any atom is -0.360 e. The first-order valence-corrected chi connectivity index (χ1v) is 6.52. The number of aromatic nitrogens is 1. The summed E-state index contributed by atoms with van der Waals surface area (Å²) in [6.45, 7) is 4.33. The number of carbonyl (C=O) groups excluding carboxylic acids is 1. The van der Waals surface area contributed by atoms with E-state index < -0.39 is 0 Å². The van der Waals surface area contributed by atoms with Gasteiger partial charge in [0.1, 0.15) is 17.0 Å². The first-order valence-electron chi connectivity index (χ1n) is 6.14. The maximum atomic E-state index is 12.1. The third-order valence-corrected chi connectivity index (χ3v) is 3.08. The standard InChI is InChI=1S/C14H15ClN2O2/c1-3-8-16-14(18)12-9(2)19-17-13(12)10-6-4-5-7-11(10)15/h4-7H,3,8H2,1-2H3,(H,16,18). The van der Waals surface area contributed by atoms with Crippen molar-refractivity contribution in [2.24, 2.45) is 0 Å². The second kappa shape index (κ2) is 5.89. The Balaban J connectivity index is 2.43. The van der Waals surface area contributed by atoms with Crippen LogP contribution in [0.15, 0.2) is 28.8 Å². The van der Waals surface area contributed by atoms with Gasteiger partial charge in [-0.1, -0.05) is 41.9 Å². The fourth-order valence-electron chi connectivity index (χ4n) is 1.80. The predicted octanol–water partition coefficient (Wildman–Crippen LogP) is 3.44. The maximum Gasteiger partial charge on any atom is 0.257 e. The van der Waals surface area contributed by atoms with Crippen LogP contribution in [0.5, 0.6) is 0 Å². The molecule has 4 nitrogen and oxygen atoms in total. The monoisotopic (exact) mass is 278 g/mol. The minimum absolute atomic E-state index is 0.185. The Hall–Kier alpha value is -1.81. The van der Waals surface area contributed by atoms with Gasteiger partial charge in [0.15, 0.2) is 0 Å². The molecule has 1 heterocycles. The van der Waals surface area contributed by atoms with Gasteiger partial charge in [0, 0.05) is 12.1 Å². The lowest BCUT2D eigenvalue weighted by molar-refractivity contribution is 0.0952. The van der Waals surface area contributed by atoms with Crippen LogP contribution in [-0.2, 0) is 0 Å². The number of benzene rings is 1. The van der Waals surface area contributed by atoms with Gasteiger partial charge in [-0.05, 0) is 19.4 Å². The second-order valence-corrected chi connectivity index (χ2v) is 4.61. The quantitative estimate of drug-likeness (QED) is 0.932. The molecular weight excluding hydrogens is 264 g/mol. The molecule has 2 rings (SSSR count). The van der Waals surface area contributed by atoms with E-state index in [1.165, 1.54) is 0 Å². The number of carbonyl (C=O) groups is 1. The lowest BCUT2D eigenvalue weighted by Crippen LogP contribution is -2.24. The molecule has 0 bridgehead atoms. The van der Waals surface area contributed by atoms with Gasteiger partial charge >= 0.3 is 0 Å². The van der Waals surface area contributed by atoms with Crippen LogP contribution < -0.4 is 5.32 Å². The lowest BCUT2D eigenvalue weighted by atomic mass is 10.1. The highest BCUT2D eigenvalue weighted by Crippen LogP contribution is 2.30. The molecule has 0 aliphatic rings. The SMILES string of the molecule is CCCNC(=O)c1c(-c2ccccc2Cl)noc1C. The van der Waals surface area contributed by atoms with Crippen LogP contribution in [0.25, 0.3) is 11.3 Å². The van der Waals surface area contributed by atoms with Crippen LogP contribution in [0.3, 0.4) is 0 Å². The Labute approximate surface area is 116 Å². The molecule has 0 atom stereocenters. The van der Waals surface area contributed by atoms with Gasteiger partial charge in [-0.3, -0.25) is 4.79 Å².